The minimum absolute atomic E-state index is 0.259. The molecule has 3 aromatic rings. The van der Waals surface area contributed by atoms with Gasteiger partial charge in [0.15, 0.2) is 0 Å². The van der Waals surface area contributed by atoms with Gasteiger partial charge in [0.25, 0.3) is 10.7 Å². The highest BCUT2D eigenvalue weighted by Gasteiger charge is 2.05. The number of thiocarbonyl (C=S) groups is 2. The molecule has 2 aromatic carbocycles. The maximum atomic E-state index is 10.9. The molecule has 3 rings (SSSR count). The molecule has 0 saturated heterocycles. The van der Waals surface area contributed by atoms with Crippen molar-refractivity contribution in [2.75, 3.05) is 49.4 Å². The van der Waals surface area contributed by atoms with Gasteiger partial charge in [0.05, 0.1) is 8.52 Å². The first kappa shape index (κ1) is 48.6. The van der Waals surface area contributed by atoms with Crippen LogP contribution in [0.25, 0.3) is 11.5 Å². The number of aromatic nitrogens is 2. The molecular formula is C26H40FN7O6S7. The first-order chi connectivity index (χ1) is 22.6. The van der Waals surface area contributed by atoms with Crippen LogP contribution in [0.3, 0.4) is 0 Å². The van der Waals surface area contributed by atoms with Crippen LogP contribution in [-0.4, -0.2) is 101 Å². The zero-order valence-electron chi connectivity index (χ0n) is 27.9. The maximum absolute atomic E-state index is 10.9. The van der Waals surface area contributed by atoms with E-state index in [1.807, 2.05) is 102 Å². The average molecular weight is 791 g/mol. The fourth-order valence-corrected chi connectivity index (χ4v) is 4.56. The van der Waals surface area contributed by atoms with E-state index in [2.05, 4.69) is 20.9 Å². The van der Waals surface area contributed by atoms with Crippen LogP contribution < -0.4 is 16.6 Å². The number of nitrogens with one attached hydrogen (secondary N) is 3. The Bertz CT molecular complexity index is 1390. The normalized spacial score (nSPS) is 8.68. The number of carbonyl (C=O) groups is 1. The number of nitrogen functional groups attached to an aromatic ring is 1. The first-order valence-electron chi connectivity index (χ1n) is 13.1. The number of nitrogens with zero attached hydrogens (tertiary/aromatic N) is 3. The van der Waals surface area contributed by atoms with E-state index in [0.29, 0.717) is 16.3 Å². The van der Waals surface area contributed by atoms with E-state index >= 15 is 0 Å². The molecule has 0 fully saturated rings. The predicted octanol–water partition coefficient (Wildman–Crippen LogP) is 4.45. The third kappa shape index (κ3) is 30.3. The molecule has 0 atom stereocenters. The van der Waals surface area contributed by atoms with Crippen molar-refractivity contribution in [1.82, 2.24) is 30.7 Å². The Morgan fingerprint density at radius 1 is 0.894 bits per heavy atom. The number of alkyl halides is 1. The fourth-order valence-electron chi connectivity index (χ4n) is 2.06. The van der Waals surface area contributed by atoms with Crippen LogP contribution in [0.5, 0.6) is 0 Å². The monoisotopic (exact) mass is 790 g/mol. The minimum Gasteiger partial charge on any atom is -0.409 e. The van der Waals surface area contributed by atoms with Crippen molar-refractivity contribution >= 4 is 95.9 Å². The molecule has 0 spiro atoms. The van der Waals surface area contributed by atoms with Gasteiger partial charge in [-0.05, 0) is 86.0 Å². The number of carbonyl (C=O) groups excluding carboxylic acids is 1. The van der Waals surface area contributed by atoms with E-state index in [9.17, 15) is 9.18 Å². The molecule has 1 amide bonds. The van der Waals surface area contributed by atoms with Crippen molar-refractivity contribution < 1.29 is 31.8 Å². The van der Waals surface area contributed by atoms with Gasteiger partial charge in [-0.15, -0.1) is 5.10 Å². The van der Waals surface area contributed by atoms with Crippen molar-refractivity contribution in [2.24, 2.45) is 5.84 Å². The minimum atomic E-state index is -1.00. The van der Waals surface area contributed by atoms with Gasteiger partial charge in [0, 0.05) is 39.3 Å². The van der Waals surface area contributed by atoms with Crippen LogP contribution in [-0.2, 0) is 23.1 Å². The third-order valence-electron chi connectivity index (χ3n) is 4.10. The molecule has 47 heavy (non-hydrogen) atoms. The zero-order chi connectivity index (χ0) is 38.1. The highest BCUT2D eigenvalue weighted by atomic mass is 33.1. The Morgan fingerprint density at radius 3 is 1.51 bits per heavy atom. The number of aryl methyl sites for hydroxylation is 2. The van der Waals surface area contributed by atoms with Crippen LogP contribution in [0.1, 0.15) is 22.9 Å². The van der Waals surface area contributed by atoms with E-state index < -0.39 is 30.3 Å². The Balaban J connectivity index is -0.000000260. The summed E-state index contributed by atoms with van der Waals surface area (Å²) in [6.45, 7) is 3.99. The number of hydrazine groups is 1. The van der Waals surface area contributed by atoms with Crippen molar-refractivity contribution in [1.29, 1.82) is 0 Å². The summed E-state index contributed by atoms with van der Waals surface area (Å²) in [5.74, 6) is 5.22. The summed E-state index contributed by atoms with van der Waals surface area (Å²) in [5.41, 5.74) is 5.90. The van der Waals surface area contributed by atoms with Crippen LogP contribution in [0.15, 0.2) is 52.9 Å². The molecule has 0 aliphatic rings. The van der Waals surface area contributed by atoms with E-state index in [0.717, 1.165) is 19.8 Å². The van der Waals surface area contributed by atoms with Gasteiger partial charge in [0.2, 0.25) is 5.89 Å². The van der Waals surface area contributed by atoms with Crippen molar-refractivity contribution in [3.8, 4) is 11.5 Å². The van der Waals surface area contributed by atoms with Crippen molar-refractivity contribution in [3.63, 3.8) is 0 Å². The molecule has 5 N–H and O–H groups in total. The Morgan fingerprint density at radius 2 is 1.23 bits per heavy atom. The molecule has 0 radical (unpaired) electrons. The van der Waals surface area contributed by atoms with Gasteiger partial charge in [-0.25, -0.2) is 10.9 Å². The van der Waals surface area contributed by atoms with Crippen molar-refractivity contribution in [2.45, 2.75) is 13.8 Å². The second-order valence-electron chi connectivity index (χ2n) is 8.25. The highest BCUT2D eigenvalue weighted by molar-refractivity contribution is 8.89. The molecule has 0 aliphatic heterocycles. The Kier molecular flexibility index (Phi) is 35.8. The number of hydrogen-bond acceptors (Lipinski definition) is 14. The molecule has 1 heterocycles. The van der Waals surface area contributed by atoms with Gasteiger partial charge in [-0.2, -0.15) is 16.8 Å². The molecule has 0 aliphatic carbocycles. The lowest BCUT2D eigenvalue weighted by atomic mass is 10.1. The SMILES string of the molecule is CN(C)C(=S)SSC(=S)N(C)C.CNC.Cc1ccc(-c2n[nH]c(=S)o2)cc1.Cc1ccc(C(=O)NN)cc1.O=S=O.O=S=O.[2H]CF. The van der Waals surface area contributed by atoms with Crippen LogP contribution in [0.4, 0.5) is 4.39 Å². The second kappa shape index (κ2) is 34.6. The number of H-pyrrole nitrogens is 1. The Labute approximate surface area is 307 Å². The standard InChI is InChI=1S/C9H8N2OS.C8H10N2O.C6H12N2S4.C2H7N.CH3F.2O2S/c1-6-2-4-7(5-3-6)8-10-11-9(13)12-8;1-6-2-4-7(5-3-6)8(11)10-9;1-7(2)5(9)11-12-6(10)8(3)4;1-3-2;1-2;2*1-3-2/h2-5H,1H3,(H,11,13);2-5H,9H2,1H3,(H,10,11);1-4H3;3H,1-2H3;1H3;;/i;;;;1D;;. The summed E-state index contributed by atoms with van der Waals surface area (Å²) < 4.78 is 55.5. The fraction of sp³-hybridized carbons (Fsp3) is 0.346. The van der Waals surface area contributed by atoms with Gasteiger partial charge in [0.1, 0.15) is 8.64 Å². The van der Waals surface area contributed by atoms with Gasteiger partial charge in [-0.3, -0.25) is 14.6 Å². The molecule has 0 bridgehead atoms. The number of hydrogen-bond donors (Lipinski definition) is 4. The lowest BCUT2D eigenvalue weighted by Crippen LogP contribution is -2.29. The maximum Gasteiger partial charge on any atom is 0.335 e. The summed E-state index contributed by atoms with van der Waals surface area (Å²) in [7, 11) is 13.5. The van der Waals surface area contributed by atoms with Crippen molar-refractivity contribution in [3.05, 3.63) is 70.1 Å². The molecule has 21 heteroatoms. The van der Waals surface area contributed by atoms with E-state index in [4.69, 9.17) is 65.1 Å². The molecule has 0 saturated carbocycles. The smallest absolute Gasteiger partial charge is 0.335 e. The number of amides is 1. The summed E-state index contributed by atoms with van der Waals surface area (Å²) in [6, 6.07) is 15.1. The molecule has 13 nitrogen and oxygen atoms in total. The zero-order valence-corrected chi connectivity index (χ0v) is 32.6. The lowest BCUT2D eigenvalue weighted by molar-refractivity contribution is 0.0953. The predicted molar refractivity (Wildman–Crippen MR) is 202 cm³/mol. The lowest BCUT2D eigenvalue weighted by Gasteiger charge is -2.15. The Hall–Kier alpha value is -2.76. The topological polar surface area (TPSA) is 184 Å². The van der Waals surface area contributed by atoms with Crippen LogP contribution in [0.2, 0.25) is 0 Å². The molecule has 0 unspecified atom stereocenters. The largest absolute Gasteiger partial charge is 0.409 e. The van der Waals surface area contributed by atoms with Gasteiger partial charge >= 0.3 is 23.1 Å². The van der Waals surface area contributed by atoms with E-state index in [-0.39, 0.29) is 5.91 Å². The highest BCUT2D eigenvalue weighted by Crippen LogP contribution is 2.26. The number of nitrogens with two attached hydrogens (primary N) is 1. The van der Waals surface area contributed by atoms with E-state index in [1.54, 1.807) is 12.1 Å². The average Bonchev–Trinajstić information content (AvgIpc) is 3.48. The van der Waals surface area contributed by atoms with Crippen LogP contribution >= 0.6 is 58.2 Å². The number of aromatic amines is 1. The van der Waals surface area contributed by atoms with Gasteiger partial charge in [-0.1, -0.05) is 59.8 Å². The second-order valence-corrected chi connectivity index (χ2v) is 12.3. The van der Waals surface area contributed by atoms with Gasteiger partial charge < -0.3 is 19.5 Å². The summed E-state index contributed by atoms with van der Waals surface area (Å²) in [5, 5.41) is 9.25. The molecule has 264 valence electrons. The summed E-state index contributed by atoms with van der Waals surface area (Å²) >= 11 is 13.4. The molecule has 1 aromatic heterocycles. The first-order valence-corrected chi connectivity index (χ1v) is 17.1. The van der Waals surface area contributed by atoms with E-state index in [1.165, 1.54) is 27.2 Å². The summed E-state index contributed by atoms with van der Waals surface area (Å²) in [6.07, 6.45) is 0. The number of benzene rings is 2. The number of rotatable bonds is 2. The van der Waals surface area contributed by atoms with Crippen LogP contribution in [0, 0.1) is 18.7 Å². The number of halogens is 1. The molecular weight excluding hydrogens is 750 g/mol. The quantitative estimate of drug-likeness (QED) is 0.0938. The third-order valence-corrected chi connectivity index (χ3v) is 8.43. The summed E-state index contributed by atoms with van der Waals surface area (Å²) in [4.78, 5) is 15.0.